The number of halogens is 2. The quantitative estimate of drug-likeness (QED) is 0.633. The van der Waals surface area contributed by atoms with Crippen LogP contribution in [0.25, 0.3) is 11.4 Å². The molecular weight excluding hydrogens is 403 g/mol. The lowest BCUT2D eigenvalue weighted by molar-refractivity contribution is -0.120. The number of nitrogens with one attached hydrogen (secondary N) is 1. The zero-order valence-corrected chi connectivity index (χ0v) is 17.4. The second-order valence-electron chi connectivity index (χ2n) is 7.48. The number of benzene rings is 2. The maximum Gasteiger partial charge on any atom is 0.229 e. The van der Waals surface area contributed by atoms with Crippen molar-refractivity contribution >= 4 is 29.0 Å². The Morgan fingerprint density at radius 3 is 2.77 bits per heavy atom. The van der Waals surface area contributed by atoms with Crippen molar-refractivity contribution in [3.05, 3.63) is 71.1 Å². The summed E-state index contributed by atoms with van der Waals surface area (Å²) >= 11 is 6.17. The predicted octanol–water partition coefficient (Wildman–Crippen LogP) is 5.10. The topological polar surface area (TPSA) is 58.1 Å². The second-order valence-corrected chi connectivity index (χ2v) is 7.89. The van der Waals surface area contributed by atoms with E-state index in [-0.39, 0.29) is 17.6 Å². The van der Waals surface area contributed by atoms with Crippen molar-refractivity contribution in [2.75, 3.05) is 23.3 Å². The Morgan fingerprint density at radius 1 is 1.20 bits per heavy atom. The first-order valence-electron chi connectivity index (χ1n) is 9.90. The van der Waals surface area contributed by atoms with Crippen LogP contribution in [0.4, 0.5) is 15.9 Å². The molecule has 3 aromatic rings. The largest absolute Gasteiger partial charge is 0.356 e. The summed E-state index contributed by atoms with van der Waals surface area (Å²) in [7, 11) is 0. The van der Waals surface area contributed by atoms with Crippen LogP contribution in [0.15, 0.2) is 54.7 Å². The lowest BCUT2D eigenvalue weighted by Crippen LogP contribution is -2.41. The molecule has 2 aromatic carbocycles. The van der Waals surface area contributed by atoms with Crippen molar-refractivity contribution < 1.29 is 9.18 Å². The molecule has 0 radical (unpaired) electrons. The van der Waals surface area contributed by atoms with Crippen molar-refractivity contribution in [1.82, 2.24) is 9.97 Å². The van der Waals surface area contributed by atoms with E-state index in [0.29, 0.717) is 23.1 Å². The molecule has 0 aliphatic carbocycles. The molecular formula is C23H22ClFN4O. The van der Waals surface area contributed by atoms with E-state index in [2.05, 4.69) is 20.2 Å². The Bertz CT molecular complexity index is 1060. The van der Waals surface area contributed by atoms with Crippen LogP contribution >= 0.6 is 11.6 Å². The highest BCUT2D eigenvalue weighted by Crippen LogP contribution is 2.26. The standard InChI is InChI=1S/C23H22ClFN4O/c1-15-4-9-19(13-20(15)24)27-23(30)17-3-2-12-29(14-17)21-10-11-26-22(28-21)16-5-7-18(25)8-6-16/h4-11,13,17H,2-3,12,14H2,1H3,(H,27,30). The Balaban J connectivity index is 1.47. The maximum atomic E-state index is 13.2. The molecule has 1 N–H and O–H groups in total. The molecule has 0 spiro atoms. The normalized spacial score (nSPS) is 16.4. The number of rotatable bonds is 4. The number of carbonyl (C=O) groups excluding carboxylic acids is 1. The molecule has 1 atom stereocenters. The number of hydrogen-bond acceptors (Lipinski definition) is 4. The summed E-state index contributed by atoms with van der Waals surface area (Å²) in [6, 6.07) is 13.5. The monoisotopic (exact) mass is 424 g/mol. The van der Waals surface area contributed by atoms with Gasteiger partial charge in [-0.15, -0.1) is 0 Å². The number of anilines is 2. The highest BCUT2D eigenvalue weighted by molar-refractivity contribution is 6.31. The molecule has 5 nitrogen and oxygen atoms in total. The van der Waals surface area contributed by atoms with Crippen molar-refractivity contribution in [3.8, 4) is 11.4 Å². The van der Waals surface area contributed by atoms with Crippen molar-refractivity contribution in [2.45, 2.75) is 19.8 Å². The third-order valence-electron chi connectivity index (χ3n) is 5.30. The number of hydrogen-bond donors (Lipinski definition) is 1. The fourth-order valence-electron chi connectivity index (χ4n) is 3.58. The van der Waals surface area contributed by atoms with Crippen LogP contribution in [0, 0.1) is 18.7 Å². The van der Waals surface area contributed by atoms with Gasteiger partial charge in [-0.3, -0.25) is 4.79 Å². The van der Waals surface area contributed by atoms with E-state index in [1.165, 1.54) is 12.1 Å². The van der Waals surface area contributed by atoms with Gasteiger partial charge in [0, 0.05) is 35.6 Å². The first kappa shape index (κ1) is 20.3. The summed E-state index contributed by atoms with van der Waals surface area (Å²) in [6.07, 6.45) is 3.40. The highest BCUT2D eigenvalue weighted by Gasteiger charge is 2.27. The summed E-state index contributed by atoms with van der Waals surface area (Å²) in [5.74, 6) is 0.832. The minimum atomic E-state index is -0.297. The summed E-state index contributed by atoms with van der Waals surface area (Å²) < 4.78 is 13.2. The molecule has 1 aliphatic rings. The molecule has 1 unspecified atom stereocenters. The van der Waals surface area contributed by atoms with Gasteiger partial charge in [-0.2, -0.15) is 0 Å². The van der Waals surface area contributed by atoms with Gasteiger partial charge in [-0.25, -0.2) is 14.4 Å². The van der Waals surface area contributed by atoms with Crippen molar-refractivity contribution in [1.29, 1.82) is 0 Å². The Kier molecular flexibility index (Phi) is 5.95. The van der Waals surface area contributed by atoms with E-state index < -0.39 is 0 Å². The zero-order chi connectivity index (χ0) is 21.1. The van der Waals surface area contributed by atoms with E-state index in [1.807, 2.05) is 25.1 Å². The molecule has 1 amide bonds. The molecule has 2 heterocycles. The SMILES string of the molecule is Cc1ccc(NC(=O)C2CCCN(c3ccnc(-c4ccc(F)cc4)n3)C2)cc1Cl. The first-order chi connectivity index (χ1) is 14.5. The predicted molar refractivity (Wildman–Crippen MR) is 117 cm³/mol. The molecule has 1 fully saturated rings. The number of carbonyl (C=O) groups is 1. The van der Waals surface area contributed by atoms with Crippen LogP contribution in [0.1, 0.15) is 18.4 Å². The fraction of sp³-hybridized carbons (Fsp3) is 0.261. The number of aromatic nitrogens is 2. The van der Waals surface area contributed by atoms with Crippen LogP contribution in [0.2, 0.25) is 5.02 Å². The van der Waals surface area contributed by atoms with Gasteiger partial charge in [0.25, 0.3) is 0 Å². The van der Waals surface area contributed by atoms with Gasteiger partial charge < -0.3 is 10.2 Å². The van der Waals surface area contributed by atoms with Gasteiger partial charge in [0.15, 0.2) is 5.82 Å². The highest BCUT2D eigenvalue weighted by atomic mass is 35.5. The summed E-state index contributed by atoms with van der Waals surface area (Å²) in [5.41, 5.74) is 2.42. The Labute approximate surface area is 179 Å². The minimum absolute atomic E-state index is 0.0209. The summed E-state index contributed by atoms with van der Waals surface area (Å²) in [6.45, 7) is 3.32. The second kappa shape index (κ2) is 8.79. The zero-order valence-electron chi connectivity index (χ0n) is 16.6. The van der Waals surface area contributed by atoms with Crippen LogP contribution in [0.5, 0.6) is 0 Å². The van der Waals surface area contributed by atoms with E-state index in [0.717, 1.165) is 36.3 Å². The Hall–Kier alpha value is -2.99. The van der Waals surface area contributed by atoms with Crippen LogP contribution in [-0.2, 0) is 4.79 Å². The van der Waals surface area contributed by atoms with Gasteiger partial charge in [0.2, 0.25) is 5.91 Å². The Morgan fingerprint density at radius 2 is 2.00 bits per heavy atom. The third kappa shape index (κ3) is 4.60. The summed E-state index contributed by atoms with van der Waals surface area (Å²) in [4.78, 5) is 23.9. The van der Waals surface area contributed by atoms with Gasteiger partial charge in [-0.1, -0.05) is 17.7 Å². The van der Waals surface area contributed by atoms with Crippen molar-refractivity contribution in [3.63, 3.8) is 0 Å². The number of nitrogens with zero attached hydrogens (tertiary/aromatic N) is 3. The molecule has 1 aromatic heterocycles. The molecule has 7 heteroatoms. The molecule has 1 aliphatic heterocycles. The number of amides is 1. The van der Waals surface area contributed by atoms with Gasteiger partial charge in [0.1, 0.15) is 11.6 Å². The fourth-order valence-corrected chi connectivity index (χ4v) is 3.76. The number of piperidine rings is 1. The van der Waals surface area contributed by atoms with Crippen LogP contribution < -0.4 is 10.2 Å². The van der Waals surface area contributed by atoms with E-state index >= 15 is 0 Å². The average molecular weight is 425 g/mol. The number of aryl methyl sites for hydroxylation is 1. The lowest BCUT2D eigenvalue weighted by atomic mass is 9.97. The third-order valence-corrected chi connectivity index (χ3v) is 5.71. The average Bonchev–Trinajstić information content (AvgIpc) is 2.77. The van der Waals surface area contributed by atoms with E-state index in [1.54, 1.807) is 24.4 Å². The molecule has 1 saturated heterocycles. The van der Waals surface area contributed by atoms with Crippen LogP contribution in [-0.4, -0.2) is 29.0 Å². The smallest absolute Gasteiger partial charge is 0.229 e. The maximum absolute atomic E-state index is 13.2. The lowest BCUT2D eigenvalue weighted by Gasteiger charge is -2.33. The molecule has 30 heavy (non-hydrogen) atoms. The molecule has 4 rings (SSSR count). The molecule has 0 saturated carbocycles. The van der Waals surface area contributed by atoms with Gasteiger partial charge in [-0.05, 0) is 67.8 Å². The molecule has 154 valence electrons. The van der Waals surface area contributed by atoms with E-state index in [9.17, 15) is 9.18 Å². The molecule has 0 bridgehead atoms. The van der Waals surface area contributed by atoms with E-state index in [4.69, 9.17) is 11.6 Å². The summed E-state index contributed by atoms with van der Waals surface area (Å²) in [5, 5.41) is 3.61. The van der Waals surface area contributed by atoms with Crippen molar-refractivity contribution in [2.24, 2.45) is 5.92 Å². The first-order valence-corrected chi connectivity index (χ1v) is 10.3. The minimum Gasteiger partial charge on any atom is -0.356 e. The van der Waals surface area contributed by atoms with Gasteiger partial charge >= 0.3 is 0 Å². The van der Waals surface area contributed by atoms with Gasteiger partial charge in [0.05, 0.1) is 5.92 Å². The van der Waals surface area contributed by atoms with Crippen LogP contribution in [0.3, 0.4) is 0 Å².